The number of nitrogens with two attached hydrogens (primary N) is 1. The molecule has 1 aliphatic heterocycles. The second-order valence-corrected chi connectivity index (χ2v) is 6.29. The number of aliphatic hydroxyl groups is 1. The minimum atomic E-state index is 0.0171. The molecule has 2 rings (SSSR count). The zero-order valence-corrected chi connectivity index (χ0v) is 12.1. The van der Waals surface area contributed by atoms with Gasteiger partial charge in [-0.05, 0) is 44.4 Å². The first kappa shape index (κ1) is 14.8. The van der Waals surface area contributed by atoms with E-state index in [1.54, 1.807) is 0 Å². The highest BCUT2D eigenvalue weighted by Gasteiger charge is 2.39. The molecule has 4 unspecified atom stereocenters. The topological polar surface area (TPSA) is 66.6 Å². The molecule has 0 radical (unpaired) electrons. The Morgan fingerprint density at radius 2 is 2.11 bits per heavy atom. The highest BCUT2D eigenvalue weighted by molar-refractivity contribution is 5.80. The molecule has 0 aromatic carbocycles. The molecule has 1 heterocycles. The van der Waals surface area contributed by atoms with Crippen molar-refractivity contribution < 1.29 is 9.90 Å². The Kier molecular flexibility index (Phi) is 5.22. The Bertz CT molecular complexity index is 299. The summed E-state index contributed by atoms with van der Waals surface area (Å²) < 4.78 is 0. The largest absolute Gasteiger partial charge is 0.396 e. The monoisotopic (exact) mass is 268 g/mol. The number of rotatable bonds is 4. The van der Waals surface area contributed by atoms with E-state index in [1.165, 1.54) is 0 Å². The van der Waals surface area contributed by atoms with Crippen LogP contribution in [0.2, 0.25) is 0 Å². The van der Waals surface area contributed by atoms with Gasteiger partial charge < -0.3 is 15.7 Å². The fraction of sp³-hybridized carbons (Fsp3) is 0.933. The summed E-state index contributed by atoms with van der Waals surface area (Å²) in [7, 11) is 0. The van der Waals surface area contributed by atoms with Crippen LogP contribution < -0.4 is 5.73 Å². The number of aliphatic hydroxyl groups excluding tert-OH is 1. The third kappa shape index (κ3) is 3.29. The summed E-state index contributed by atoms with van der Waals surface area (Å²) in [6.07, 6.45) is 7.16. The van der Waals surface area contributed by atoms with Gasteiger partial charge in [0.25, 0.3) is 0 Å². The average Bonchev–Trinajstić information content (AvgIpc) is 2.84. The van der Waals surface area contributed by atoms with Gasteiger partial charge in [0.15, 0.2) is 0 Å². The van der Waals surface area contributed by atoms with E-state index in [2.05, 4.69) is 11.8 Å². The van der Waals surface area contributed by atoms with Crippen LogP contribution in [0, 0.1) is 11.8 Å². The maximum Gasteiger partial charge on any atom is 0.227 e. The minimum absolute atomic E-state index is 0.0171. The van der Waals surface area contributed by atoms with Crippen LogP contribution in [-0.4, -0.2) is 41.1 Å². The predicted octanol–water partition coefficient (Wildman–Crippen LogP) is 1.51. The number of hydrogen-bond acceptors (Lipinski definition) is 3. The second kappa shape index (κ2) is 6.71. The number of likely N-dealkylation sites (tertiary alicyclic amines) is 1. The van der Waals surface area contributed by atoms with Crippen molar-refractivity contribution in [3.05, 3.63) is 0 Å². The summed E-state index contributed by atoms with van der Waals surface area (Å²) in [5.41, 5.74) is 6.20. The Balaban J connectivity index is 2.00. The van der Waals surface area contributed by atoms with Gasteiger partial charge in [-0.1, -0.05) is 13.3 Å². The van der Waals surface area contributed by atoms with Gasteiger partial charge in [-0.2, -0.15) is 0 Å². The number of carbonyl (C=O) groups excluding carboxylic acids is 1. The molecular formula is C15H28N2O2. The maximum absolute atomic E-state index is 12.8. The Labute approximate surface area is 116 Å². The van der Waals surface area contributed by atoms with Crippen molar-refractivity contribution in [2.45, 2.75) is 64.0 Å². The molecule has 1 aliphatic carbocycles. The van der Waals surface area contributed by atoms with Gasteiger partial charge in [-0.25, -0.2) is 0 Å². The molecule has 3 N–H and O–H groups in total. The fourth-order valence-corrected chi connectivity index (χ4v) is 3.83. The van der Waals surface area contributed by atoms with Crippen LogP contribution in [0.25, 0.3) is 0 Å². The Hall–Kier alpha value is -0.610. The van der Waals surface area contributed by atoms with Crippen molar-refractivity contribution in [3.8, 4) is 0 Å². The van der Waals surface area contributed by atoms with Crippen molar-refractivity contribution in [2.75, 3.05) is 13.2 Å². The molecule has 2 fully saturated rings. The van der Waals surface area contributed by atoms with Crippen LogP contribution >= 0.6 is 0 Å². The van der Waals surface area contributed by atoms with Crippen LogP contribution in [0.15, 0.2) is 0 Å². The number of hydrogen-bond donors (Lipinski definition) is 2. The molecule has 110 valence electrons. The second-order valence-electron chi connectivity index (χ2n) is 6.29. The molecular weight excluding hydrogens is 240 g/mol. The molecule has 4 heteroatoms. The Morgan fingerprint density at radius 1 is 1.32 bits per heavy atom. The van der Waals surface area contributed by atoms with Crippen LogP contribution in [0.1, 0.15) is 51.9 Å². The molecule has 1 amide bonds. The number of nitrogens with zero attached hydrogens (tertiary/aromatic N) is 1. The molecule has 1 saturated carbocycles. The fourth-order valence-electron chi connectivity index (χ4n) is 3.83. The molecule has 0 aromatic rings. The zero-order chi connectivity index (χ0) is 13.8. The lowest BCUT2D eigenvalue weighted by Gasteiger charge is -2.37. The van der Waals surface area contributed by atoms with E-state index < -0.39 is 0 Å². The first-order chi connectivity index (χ1) is 9.15. The first-order valence-electron chi connectivity index (χ1n) is 7.82. The van der Waals surface area contributed by atoms with Gasteiger partial charge >= 0.3 is 0 Å². The Morgan fingerprint density at radius 3 is 2.79 bits per heavy atom. The molecule has 4 nitrogen and oxygen atoms in total. The lowest BCUT2D eigenvalue weighted by Crippen LogP contribution is -2.50. The number of amides is 1. The number of carbonyl (C=O) groups is 1. The van der Waals surface area contributed by atoms with Gasteiger partial charge in [0, 0.05) is 25.2 Å². The summed E-state index contributed by atoms with van der Waals surface area (Å²) >= 11 is 0. The van der Waals surface area contributed by atoms with Crippen LogP contribution in [-0.2, 0) is 4.79 Å². The lowest BCUT2D eigenvalue weighted by molar-refractivity contribution is -0.140. The van der Waals surface area contributed by atoms with Crippen molar-refractivity contribution in [1.29, 1.82) is 0 Å². The molecule has 0 bridgehead atoms. The van der Waals surface area contributed by atoms with E-state index in [4.69, 9.17) is 10.8 Å². The smallest absolute Gasteiger partial charge is 0.227 e. The molecule has 4 atom stereocenters. The molecule has 2 aliphatic rings. The molecule has 0 aromatic heterocycles. The molecule has 19 heavy (non-hydrogen) atoms. The van der Waals surface area contributed by atoms with Crippen molar-refractivity contribution in [2.24, 2.45) is 17.6 Å². The quantitative estimate of drug-likeness (QED) is 0.812. The van der Waals surface area contributed by atoms with E-state index in [1.807, 2.05) is 0 Å². The van der Waals surface area contributed by atoms with Gasteiger partial charge in [-0.15, -0.1) is 0 Å². The van der Waals surface area contributed by atoms with Crippen LogP contribution in [0.3, 0.4) is 0 Å². The highest BCUT2D eigenvalue weighted by atomic mass is 16.3. The van der Waals surface area contributed by atoms with Crippen molar-refractivity contribution in [1.82, 2.24) is 4.90 Å². The minimum Gasteiger partial charge on any atom is -0.396 e. The predicted molar refractivity (Wildman–Crippen MR) is 75.5 cm³/mol. The normalized spacial score (nSPS) is 35.6. The van der Waals surface area contributed by atoms with Crippen molar-refractivity contribution in [3.63, 3.8) is 0 Å². The zero-order valence-electron chi connectivity index (χ0n) is 12.1. The summed E-state index contributed by atoms with van der Waals surface area (Å²) in [5.74, 6) is 0.707. The maximum atomic E-state index is 12.8. The summed E-state index contributed by atoms with van der Waals surface area (Å²) in [5, 5.41) is 8.96. The summed E-state index contributed by atoms with van der Waals surface area (Å²) in [6.45, 7) is 3.27. The van der Waals surface area contributed by atoms with Gasteiger partial charge in [0.2, 0.25) is 5.91 Å². The molecule has 0 spiro atoms. The third-order valence-electron chi connectivity index (χ3n) is 4.91. The third-order valence-corrected chi connectivity index (χ3v) is 4.91. The highest BCUT2D eigenvalue weighted by Crippen LogP contribution is 2.33. The SMILES string of the molecule is CC1CCCC(N)C1C(=O)N1CCCC1CCCO. The summed E-state index contributed by atoms with van der Waals surface area (Å²) in [6, 6.07) is 0.372. The summed E-state index contributed by atoms with van der Waals surface area (Å²) in [4.78, 5) is 14.8. The van der Waals surface area contributed by atoms with Crippen LogP contribution in [0.5, 0.6) is 0 Å². The lowest BCUT2D eigenvalue weighted by atomic mass is 9.76. The van der Waals surface area contributed by atoms with E-state index in [0.29, 0.717) is 12.0 Å². The van der Waals surface area contributed by atoms with E-state index in [9.17, 15) is 4.79 Å². The van der Waals surface area contributed by atoms with Gasteiger partial charge in [0.05, 0.1) is 5.92 Å². The van der Waals surface area contributed by atoms with E-state index in [0.717, 1.165) is 51.5 Å². The van der Waals surface area contributed by atoms with E-state index in [-0.39, 0.29) is 24.5 Å². The van der Waals surface area contributed by atoms with Crippen molar-refractivity contribution >= 4 is 5.91 Å². The standard InChI is InChI=1S/C15H28N2O2/c1-11-5-2-8-13(16)14(11)15(19)17-9-3-6-12(17)7-4-10-18/h11-14,18H,2-10,16H2,1H3. The first-order valence-corrected chi connectivity index (χ1v) is 7.82. The average molecular weight is 268 g/mol. The molecule has 1 saturated heterocycles. The van der Waals surface area contributed by atoms with Gasteiger partial charge in [0.1, 0.15) is 0 Å². The van der Waals surface area contributed by atoms with E-state index >= 15 is 0 Å². The van der Waals surface area contributed by atoms with Crippen LogP contribution in [0.4, 0.5) is 0 Å². The van der Waals surface area contributed by atoms with Gasteiger partial charge in [-0.3, -0.25) is 4.79 Å².